The van der Waals surface area contributed by atoms with E-state index in [0.717, 1.165) is 19.5 Å². The molecule has 0 saturated carbocycles. The van der Waals surface area contributed by atoms with E-state index in [4.69, 9.17) is 0 Å². The van der Waals surface area contributed by atoms with Gasteiger partial charge in [0.1, 0.15) is 0 Å². The van der Waals surface area contributed by atoms with Gasteiger partial charge in [0.15, 0.2) is 5.96 Å². The highest BCUT2D eigenvalue weighted by Crippen LogP contribution is 2.17. The number of carbonyl (C=O) groups excluding carboxylic acids is 2. The lowest BCUT2D eigenvalue weighted by atomic mass is 9.96. The smallest absolute Gasteiger partial charge is 0.225 e. The van der Waals surface area contributed by atoms with Crippen LogP contribution in [-0.2, 0) is 16.0 Å². The van der Waals surface area contributed by atoms with Gasteiger partial charge in [-0.1, -0.05) is 51.1 Å². The molecule has 160 valence electrons. The highest BCUT2D eigenvalue weighted by Gasteiger charge is 2.29. The van der Waals surface area contributed by atoms with Crippen molar-refractivity contribution in [3.8, 4) is 0 Å². The summed E-state index contributed by atoms with van der Waals surface area (Å²) in [6, 6.07) is 10.3. The first kappa shape index (κ1) is 22.7. The maximum Gasteiger partial charge on any atom is 0.225 e. The number of guanidine groups is 1. The summed E-state index contributed by atoms with van der Waals surface area (Å²) in [5, 5.41) is 9.39. The Labute approximate surface area is 174 Å². The van der Waals surface area contributed by atoms with Crippen LogP contribution in [0.4, 0.5) is 0 Å². The molecule has 1 aromatic carbocycles. The average molecular weight is 402 g/mol. The van der Waals surface area contributed by atoms with E-state index in [0.29, 0.717) is 32.0 Å². The number of likely N-dealkylation sites (tertiary alicyclic amines) is 1. The zero-order chi connectivity index (χ0) is 21.3. The molecule has 3 N–H and O–H groups in total. The molecular weight excluding hydrogens is 366 g/mol. The molecule has 7 nitrogen and oxygen atoms in total. The summed E-state index contributed by atoms with van der Waals surface area (Å²) in [5.74, 6) is 1.21. The van der Waals surface area contributed by atoms with Crippen LogP contribution in [-0.4, -0.2) is 62.4 Å². The van der Waals surface area contributed by atoms with E-state index in [1.165, 1.54) is 5.56 Å². The molecule has 1 aromatic rings. The third kappa shape index (κ3) is 7.75. The van der Waals surface area contributed by atoms with E-state index in [-0.39, 0.29) is 23.1 Å². The van der Waals surface area contributed by atoms with Gasteiger partial charge in [0.05, 0.1) is 0 Å². The second kappa shape index (κ2) is 10.8. The van der Waals surface area contributed by atoms with E-state index in [2.05, 4.69) is 33.1 Å². The lowest BCUT2D eigenvalue weighted by Crippen LogP contribution is -2.44. The van der Waals surface area contributed by atoms with Crippen LogP contribution in [0, 0.1) is 11.3 Å². The largest absolute Gasteiger partial charge is 0.356 e. The van der Waals surface area contributed by atoms with Crippen molar-refractivity contribution in [1.82, 2.24) is 20.9 Å². The number of nitrogens with one attached hydrogen (secondary N) is 3. The number of carbonyl (C=O) groups is 2. The molecule has 1 fully saturated rings. The minimum Gasteiger partial charge on any atom is -0.356 e. The van der Waals surface area contributed by atoms with Gasteiger partial charge in [0.2, 0.25) is 11.8 Å². The normalized spacial score (nSPS) is 17.4. The standard InChI is InChI=1S/C22H35N5O2/c1-22(2,3)20(29)24-11-12-25-21(23-4)26-15-18-14-19(28)27(16-18)13-10-17-8-6-5-7-9-17/h5-9,18H,10-16H2,1-4H3,(H,24,29)(H2,23,25,26). The van der Waals surface area contributed by atoms with E-state index >= 15 is 0 Å². The molecule has 1 atom stereocenters. The topological polar surface area (TPSA) is 85.8 Å². The molecule has 2 amide bonds. The van der Waals surface area contributed by atoms with Gasteiger partial charge in [0, 0.05) is 57.5 Å². The third-order valence-electron chi connectivity index (χ3n) is 4.97. The minimum absolute atomic E-state index is 0.0299. The first-order valence-corrected chi connectivity index (χ1v) is 10.3. The zero-order valence-electron chi connectivity index (χ0n) is 18.1. The average Bonchev–Trinajstić information content (AvgIpc) is 3.05. The molecule has 0 aromatic heterocycles. The zero-order valence-corrected chi connectivity index (χ0v) is 18.1. The maximum atomic E-state index is 12.3. The Balaban J connectivity index is 1.66. The van der Waals surface area contributed by atoms with Crippen molar-refractivity contribution < 1.29 is 9.59 Å². The Hall–Kier alpha value is -2.57. The molecule has 1 heterocycles. The van der Waals surface area contributed by atoms with Crippen LogP contribution in [0.1, 0.15) is 32.8 Å². The van der Waals surface area contributed by atoms with Gasteiger partial charge < -0.3 is 20.9 Å². The number of benzene rings is 1. The molecule has 2 rings (SSSR count). The maximum absolute atomic E-state index is 12.3. The Morgan fingerprint density at radius 3 is 2.48 bits per heavy atom. The van der Waals surface area contributed by atoms with Gasteiger partial charge in [-0.05, 0) is 12.0 Å². The SMILES string of the molecule is CN=C(NCCNC(=O)C(C)(C)C)NCC1CC(=O)N(CCc2ccccc2)C1. The van der Waals surface area contributed by atoms with Crippen molar-refractivity contribution in [2.45, 2.75) is 33.6 Å². The van der Waals surface area contributed by atoms with Crippen LogP contribution in [0.2, 0.25) is 0 Å². The van der Waals surface area contributed by atoms with Crippen LogP contribution in [0.25, 0.3) is 0 Å². The van der Waals surface area contributed by atoms with E-state index in [1.807, 2.05) is 43.9 Å². The van der Waals surface area contributed by atoms with Crippen LogP contribution in [0.15, 0.2) is 35.3 Å². The number of hydrogen-bond acceptors (Lipinski definition) is 3. The molecule has 29 heavy (non-hydrogen) atoms. The Kier molecular flexibility index (Phi) is 8.49. The van der Waals surface area contributed by atoms with Crippen molar-refractivity contribution in [2.24, 2.45) is 16.3 Å². The molecule has 1 aliphatic heterocycles. The molecular formula is C22H35N5O2. The van der Waals surface area contributed by atoms with Crippen molar-refractivity contribution in [3.05, 3.63) is 35.9 Å². The molecule has 1 aliphatic rings. The first-order valence-electron chi connectivity index (χ1n) is 10.3. The van der Waals surface area contributed by atoms with E-state index in [1.54, 1.807) is 7.05 Å². The van der Waals surface area contributed by atoms with Gasteiger partial charge in [-0.15, -0.1) is 0 Å². The summed E-state index contributed by atoms with van der Waals surface area (Å²) < 4.78 is 0. The molecule has 1 saturated heterocycles. The predicted molar refractivity (Wildman–Crippen MR) is 117 cm³/mol. The van der Waals surface area contributed by atoms with Gasteiger partial charge in [-0.3, -0.25) is 14.6 Å². The quantitative estimate of drug-likeness (QED) is 0.349. The third-order valence-corrected chi connectivity index (χ3v) is 4.97. The molecule has 0 bridgehead atoms. The summed E-state index contributed by atoms with van der Waals surface area (Å²) in [6.07, 6.45) is 1.46. The van der Waals surface area contributed by atoms with Crippen LogP contribution in [0.5, 0.6) is 0 Å². The van der Waals surface area contributed by atoms with Crippen molar-refractivity contribution in [2.75, 3.05) is 39.8 Å². The molecule has 0 spiro atoms. The fourth-order valence-electron chi connectivity index (χ4n) is 3.20. The van der Waals surface area contributed by atoms with Crippen molar-refractivity contribution >= 4 is 17.8 Å². The molecule has 0 radical (unpaired) electrons. The number of hydrogen-bond donors (Lipinski definition) is 3. The monoisotopic (exact) mass is 401 g/mol. The van der Waals surface area contributed by atoms with Crippen LogP contribution in [0.3, 0.4) is 0 Å². The molecule has 0 aliphatic carbocycles. The second-order valence-electron chi connectivity index (χ2n) is 8.53. The lowest BCUT2D eigenvalue weighted by molar-refractivity contribution is -0.128. The Morgan fingerprint density at radius 1 is 1.14 bits per heavy atom. The summed E-state index contributed by atoms with van der Waals surface area (Å²) in [7, 11) is 1.72. The lowest BCUT2D eigenvalue weighted by Gasteiger charge is -2.19. The molecule has 1 unspecified atom stereocenters. The number of rotatable bonds is 8. The highest BCUT2D eigenvalue weighted by atomic mass is 16.2. The highest BCUT2D eigenvalue weighted by molar-refractivity contribution is 5.82. The Morgan fingerprint density at radius 2 is 1.83 bits per heavy atom. The molecule has 7 heteroatoms. The van der Waals surface area contributed by atoms with Gasteiger partial charge >= 0.3 is 0 Å². The second-order valence-corrected chi connectivity index (χ2v) is 8.53. The van der Waals surface area contributed by atoms with Crippen molar-refractivity contribution in [3.63, 3.8) is 0 Å². The van der Waals surface area contributed by atoms with E-state index in [9.17, 15) is 9.59 Å². The summed E-state index contributed by atoms with van der Waals surface area (Å²) in [4.78, 5) is 30.3. The summed E-state index contributed by atoms with van der Waals surface area (Å²) >= 11 is 0. The van der Waals surface area contributed by atoms with Gasteiger partial charge in [0.25, 0.3) is 0 Å². The fraction of sp³-hybridized carbons (Fsp3) is 0.591. The predicted octanol–water partition coefficient (Wildman–Crippen LogP) is 1.40. The van der Waals surface area contributed by atoms with E-state index < -0.39 is 0 Å². The number of amides is 2. The minimum atomic E-state index is -0.388. The summed E-state index contributed by atoms with van der Waals surface area (Å²) in [6.45, 7) is 9.03. The number of aliphatic imine (C=N–C) groups is 1. The first-order chi connectivity index (χ1) is 13.8. The van der Waals surface area contributed by atoms with Gasteiger partial charge in [-0.25, -0.2) is 0 Å². The van der Waals surface area contributed by atoms with Crippen LogP contribution >= 0.6 is 0 Å². The van der Waals surface area contributed by atoms with Crippen LogP contribution < -0.4 is 16.0 Å². The number of nitrogens with zero attached hydrogens (tertiary/aromatic N) is 2. The summed E-state index contributed by atoms with van der Waals surface area (Å²) in [5.41, 5.74) is 0.867. The Bertz CT molecular complexity index is 697. The fourth-order valence-corrected chi connectivity index (χ4v) is 3.20. The van der Waals surface area contributed by atoms with Crippen molar-refractivity contribution in [1.29, 1.82) is 0 Å². The van der Waals surface area contributed by atoms with Gasteiger partial charge in [-0.2, -0.15) is 0 Å².